The Bertz CT molecular complexity index is 1380. The van der Waals surface area contributed by atoms with Crippen molar-refractivity contribution in [2.24, 2.45) is 0 Å². The quantitative estimate of drug-likeness (QED) is 0.441. The van der Waals surface area contributed by atoms with Crippen molar-refractivity contribution in [1.82, 2.24) is 30.2 Å². The number of fused-ring (bicyclic) bond motifs is 1. The van der Waals surface area contributed by atoms with Crippen LogP contribution < -0.4 is 10.9 Å². The van der Waals surface area contributed by atoms with E-state index in [1.54, 1.807) is 13.8 Å². The highest BCUT2D eigenvalue weighted by Crippen LogP contribution is 2.27. The van der Waals surface area contributed by atoms with Gasteiger partial charge in [0, 0.05) is 10.6 Å². The van der Waals surface area contributed by atoms with Crippen molar-refractivity contribution in [3.63, 3.8) is 0 Å². The van der Waals surface area contributed by atoms with Gasteiger partial charge in [-0.05, 0) is 61.9 Å². The lowest BCUT2D eigenvalue weighted by Gasteiger charge is -2.13. The van der Waals surface area contributed by atoms with Crippen molar-refractivity contribution in [2.45, 2.75) is 38.7 Å². The Morgan fingerprint density at radius 1 is 1.34 bits per heavy atom. The third-order valence-corrected chi connectivity index (χ3v) is 7.25. The fourth-order valence-electron chi connectivity index (χ4n) is 3.10. The second-order valence-corrected chi connectivity index (χ2v) is 9.75. The van der Waals surface area contributed by atoms with Crippen LogP contribution in [-0.4, -0.2) is 41.3 Å². The molecule has 1 unspecified atom stereocenters. The highest BCUT2D eigenvalue weighted by Gasteiger charge is 2.18. The van der Waals surface area contributed by atoms with E-state index in [-0.39, 0.29) is 17.2 Å². The van der Waals surface area contributed by atoms with E-state index in [4.69, 9.17) is 0 Å². The van der Waals surface area contributed by atoms with Crippen LogP contribution in [0, 0.1) is 26.6 Å². The van der Waals surface area contributed by atoms with Crippen molar-refractivity contribution in [2.75, 3.05) is 5.32 Å². The van der Waals surface area contributed by atoms with Gasteiger partial charge >= 0.3 is 0 Å². The fraction of sp³-hybridized carbons (Fsp3) is 0.300. The maximum atomic E-state index is 14.2. The Hall–Kier alpha value is -3.12. The predicted molar refractivity (Wildman–Crippen MR) is 123 cm³/mol. The molecule has 0 aliphatic rings. The first-order valence-electron chi connectivity index (χ1n) is 9.71. The van der Waals surface area contributed by atoms with Gasteiger partial charge < -0.3 is 10.3 Å². The summed E-state index contributed by atoms with van der Waals surface area (Å²) >= 11 is 2.83. The summed E-state index contributed by atoms with van der Waals surface area (Å²) in [6.07, 6.45) is 0. The Kier molecular flexibility index (Phi) is 6.07. The Balaban J connectivity index is 1.44. The minimum absolute atomic E-state index is 0.141. The molecule has 0 aliphatic carbocycles. The van der Waals surface area contributed by atoms with E-state index < -0.39 is 11.1 Å². The maximum absolute atomic E-state index is 14.2. The van der Waals surface area contributed by atoms with Gasteiger partial charge in [-0.2, -0.15) is 4.68 Å². The zero-order valence-electron chi connectivity index (χ0n) is 17.8. The SMILES string of the molecule is Cc1sc2nc(CSC(C)C(=O)Nc3ccc(F)c(-n4nnnc4C)c3)[nH]c(=O)c2c1C. The van der Waals surface area contributed by atoms with Crippen LogP contribution in [0.1, 0.15) is 29.0 Å². The number of aryl methyl sites for hydroxylation is 3. The van der Waals surface area contributed by atoms with Crippen molar-refractivity contribution in [3.05, 3.63) is 56.5 Å². The Morgan fingerprint density at radius 2 is 2.12 bits per heavy atom. The molecule has 32 heavy (non-hydrogen) atoms. The standard InChI is InChI=1S/C20H20FN7O2S2/c1-9-10(2)32-20-17(9)19(30)23-16(24-20)8-31-11(3)18(29)22-13-5-6-14(21)15(7-13)28-12(4)25-26-27-28/h5-7,11H,8H2,1-4H3,(H,22,29)(H,23,24,30). The number of halogens is 1. The molecule has 3 heterocycles. The summed E-state index contributed by atoms with van der Waals surface area (Å²) < 4.78 is 15.5. The van der Waals surface area contributed by atoms with Crippen LogP contribution >= 0.6 is 23.1 Å². The van der Waals surface area contributed by atoms with Crippen LogP contribution in [0.25, 0.3) is 15.9 Å². The van der Waals surface area contributed by atoms with Gasteiger partial charge in [-0.3, -0.25) is 9.59 Å². The first-order valence-corrected chi connectivity index (χ1v) is 11.6. The van der Waals surface area contributed by atoms with Crippen molar-refractivity contribution >= 4 is 44.9 Å². The molecule has 0 fully saturated rings. The lowest BCUT2D eigenvalue weighted by molar-refractivity contribution is -0.115. The van der Waals surface area contributed by atoms with Crippen LogP contribution in [0.3, 0.4) is 0 Å². The third-order valence-electron chi connectivity index (χ3n) is 4.99. The fourth-order valence-corrected chi connectivity index (χ4v) is 4.90. The number of benzene rings is 1. The number of tetrazole rings is 1. The van der Waals surface area contributed by atoms with Crippen LogP contribution in [0.2, 0.25) is 0 Å². The van der Waals surface area contributed by atoms with Gasteiger partial charge in [-0.15, -0.1) is 28.2 Å². The van der Waals surface area contributed by atoms with E-state index in [0.717, 1.165) is 10.4 Å². The Morgan fingerprint density at radius 3 is 2.84 bits per heavy atom. The monoisotopic (exact) mass is 473 g/mol. The molecule has 4 rings (SSSR count). The molecule has 4 aromatic rings. The molecule has 3 aromatic heterocycles. The summed E-state index contributed by atoms with van der Waals surface area (Å²) in [4.78, 5) is 34.2. The normalized spacial score (nSPS) is 12.3. The average molecular weight is 474 g/mol. The van der Waals surface area contributed by atoms with E-state index >= 15 is 0 Å². The molecule has 12 heteroatoms. The summed E-state index contributed by atoms with van der Waals surface area (Å²) in [5.74, 6) is 0.545. The lowest BCUT2D eigenvalue weighted by Crippen LogP contribution is -2.23. The number of thiophene rings is 1. The number of amides is 1. The second-order valence-electron chi connectivity index (χ2n) is 7.22. The van der Waals surface area contributed by atoms with Crippen LogP contribution in [0.15, 0.2) is 23.0 Å². The van der Waals surface area contributed by atoms with E-state index in [0.29, 0.717) is 33.3 Å². The van der Waals surface area contributed by atoms with Gasteiger partial charge in [0.25, 0.3) is 5.56 Å². The molecule has 2 N–H and O–H groups in total. The molecule has 1 aromatic carbocycles. The number of thioether (sulfide) groups is 1. The zero-order valence-corrected chi connectivity index (χ0v) is 19.4. The molecular formula is C20H20FN7O2S2. The van der Waals surface area contributed by atoms with Gasteiger partial charge in [0.15, 0.2) is 5.82 Å². The molecule has 0 bridgehead atoms. The number of aromatic amines is 1. The van der Waals surface area contributed by atoms with E-state index in [1.165, 1.54) is 46.0 Å². The average Bonchev–Trinajstić information content (AvgIpc) is 3.30. The minimum Gasteiger partial charge on any atom is -0.325 e. The van der Waals surface area contributed by atoms with E-state index in [2.05, 4.69) is 30.8 Å². The van der Waals surface area contributed by atoms with Crippen molar-refractivity contribution in [3.8, 4) is 5.69 Å². The largest absolute Gasteiger partial charge is 0.325 e. The number of carbonyl (C=O) groups excluding carboxylic acids is 1. The highest BCUT2D eigenvalue weighted by atomic mass is 32.2. The summed E-state index contributed by atoms with van der Waals surface area (Å²) in [6, 6.07) is 4.20. The second kappa shape index (κ2) is 8.79. The molecule has 166 valence electrons. The first kappa shape index (κ1) is 22.1. The first-order chi connectivity index (χ1) is 15.2. The number of nitrogens with zero attached hydrogens (tertiary/aromatic N) is 5. The number of carbonyl (C=O) groups is 1. The molecule has 0 saturated heterocycles. The number of anilines is 1. The third kappa shape index (κ3) is 4.28. The van der Waals surface area contributed by atoms with Gasteiger partial charge in [-0.1, -0.05) is 0 Å². The van der Waals surface area contributed by atoms with Crippen molar-refractivity contribution < 1.29 is 9.18 Å². The van der Waals surface area contributed by atoms with Gasteiger partial charge in [0.2, 0.25) is 5.91 Å². The van der Waals surface area contributed by atoms with Gasteiger partial charge in [0.1, 0.15) is 22.2 Å². The molecule has 0 spiro atoms. The van der Waals surface area contributed by atoms with E-state index in [1.807, 2.05) is 13.8 Å². The molecule has 0 radical (unpaired) electrons. The number of H-pyrrole nitrogens is 1. The number of hydrogen-bond acceptors (Lipinski definition) is 8. The maximum Gasteiger partial charge on any atom is 0.259 e. The summed E-state index contributed by atoms with van der Waals surface area (Å²) in [7, 11) is 0. The Labute approximate surface area is 190 Å². The highest BCUT2D eigenvalue weighted by molar-refractivity contribution is 7.99. The van der Waals surface area contributed by atoms with Crippen LogP contribution in [0.4, 0.5) is 10.1 Å². The van der Waals surface area contributed by atoms with Crippen molar-refractivity contribution in [1.29, 1.82) is 0 Å². The van der Waals surface area contributed by atoms with E-state index in [9.17, 15) is 14.0 Å². The molecule has 0 saturated carbocycles. The van der Waals surface area contributed by atoms with Crippen LogP contribution in [0.5, 0.6) is 0 Å². The lowest BCUT2D eigenvalue weighted by atomic mass is 10.2. The zero-order chi connectivity index (χ0) is 23.0. The smallest absolute Gasteiger partial charge is 0.259 e. The van der Waals surface area contributed by atoms with Gasteiger partial charge in [0.05, 0.1) is 16.4 Å². The molecule has 1 atom stereocenters. The minimum atomic E-state index is -0.509. The number of aromatic nitrogens is 6. The molecule has 1 amide bonds. The molecule has 0 aliphatic heterocycles. The number of nitrogens with one attached hydrogen (secondary N) is 2. The summed E-state index contributed by atoms with van der Waals surface area (Å²) in [5.41, 5.74) is 1.34. The summed E-state index contributed by atoms with van der Waals surface area (Å²) in [5, 5.41) is 14.0. The number of rotatable bonds is 6. The molecular weight excluding hydrogens is 453 g/mol. The topological polar surface area (TPSA) is 118 Å². The van der Waals surface area contributed by atoms with Gasteiger partial charge in [-0.25, -0.2) is 9.37 Å². The number of hydrogen-bond donors (Lipinski definition) is 2. The summed E-state index contributed by atoms with van der Waals surface area (Å²) in [6.45, 7) is 7.28. The molecule has 9 nitrogen and oxygen atoms in total. The predicted octanol–water partition coefficient (Wildman–Crippen LogP) is 3.29. The van der Waals surface area contributed by atoms with Crippen LogP contribution in [-0.2, 0) is 10.5 Å².